The van der Waals surface area contributed by atoms with E-state index in [4.69, 9.17) is 21.0 Å². The van der Waals surface area contributed by atoms with E-state index in [0.717, 1.165) is 27.1 Å². The fraction of sp³-hybridized carbons (Fsp3) is 0.120. The van der Waals surface area contributed by atoms with E-state index in [9.17, 15) is 9.90 Å². The maximum Gasteiger partial charge on any atom is 0.336 e. The summed E-state index contributed by atoms with van der Waals surface area (Å²) in [6.45, 7) is 1.86. The van der Waals surface area contributed by atoms with Crippen LogP contribution in [0.2, 0.25) is 5.02 Å². The molecular weight excluding hydrogens is 430 g/mol. The Kier molecular flexibility index (Phi) is 5.08. The summed E-state index contributed by atoms with van der Waals surface area (Å²) in [5.74, 6) is 0.0410. The zero-order valence-electron chi connectivity index (χ0n) is 16.6. The zero-order chi connectivity index (χ0) is 21.5. The summed E-state index contributed by atoms with van der Waals surface area (Å²) >= 11 is 7.82. The number of rotatable bonds is 2. The third-order valence-electron chi connectivity index (χ3n) is 5.40. The predicted molar refractivity (Wildman–Crippen MR) is 126 cm³/mol. The van der Waals surface area contributed by atoms with Gasteiger partial charge in [0.25, 0.3) is 0 Å². The Balaban J connectivity index is 1.74. The van der Waals surface area contributed by atoms with Crippen LogP contribution in [0.1, 0.15) is 28.4 Å². The van der Waals surface area contributed by atoms with Gasteiger partial charge in [0, 0.05) is 33.0 Å². The molecule has 0 amide bonds. The van der Waals surface area contributed by atoms with Crippen molar-refractivity contribution in [2.75, 3.05) is 0 Å². The van der Waals surface area contributed by atoms with Gasteiger partial charge in [-0.1, -0.05) is 35.9 Å². The number of thioether (sulfide) groups is 1. The maximum atomic E-state index is 12.1. The van der Waals surface area contributed by atoms with E-state index in [2.05, 4.69) is 0 Å². The lowest BCUT2D eigenvalue weighted by Crippen LogP contribution is -2.08. The molecule has 1 aromatic heterocycles. The van der Waals surface area contributed by atoms with Crippen molar-refractivity contribution in [1.82, 2.24) is 0 Å². The number of aryl methyl sites for hydroxylation is 1. The van der Waals surface area contributed by atoms with Gasteiger partial charge in [-0.25, -0.2) is 4.79 Å². The molecule has 5 rings (SSSR count). The number of aromatic hydroxyl groups is 1. The quantitative estimate of drug-likeness (QED) is 0.342. The Morgan fingerprint density at radius 3 is 2.68 bits per heavy atom. The van der Waals surface area contributed by atoms with Crippen LogP contribution in [0.4, 0.5) is 5.69 Å². The average molecular weight is 448 g/mol. The van der Waals surface area contributed by atoms with Crippen molar-refractivity contribution >= 4 is 45.7 Å². The molecule has 0 radical (unpaired) electrons. The summed E-state index contributed by atoms with van der Waals surface area (Å²) < 4.78 is 5.57. The van der Waals surface area contributed by atoms with Crippen LogP contribution < -0.4 is 5.63 Å². The number of para-hydroxylation sites is 1. The van der Waals surface area contributed by atoms with Crippen LogP contribution in [0.3, 0.4) is 0 Å². The lowest BCUT2D eigenvalue weighted by Gasteiger charge is -2.17. The van der Waals surface area contributed by atoms with Gasteiger partial charge in [0.15, 0.2) is 5.58 Å². The van der Waals surface area contributed by atoms with E-state index < -0.39 is 5.63 Å². The summed E-state index contributed by atoms with van der Waals surface area (Å²) in [7, 11) is 0. The third kappa shape index (κ3) is 3.75. The Morgan fingerprint density at radius 2 is 1.87 bits per heavy atom. The standard InChI is InChI=1S/C25H18ClNO3S/c1-14-12-23(29)30-25-17(14)10-11-20(28)24(25)19-13-22(15-6-8-16(26)9-7-15)31-21-5-3-2-4-18(21)27-19/h2-12,22,28H,13H2,1H3/t22-/m1/s1. The number of phenols is 1. The number of hydrogen-bond donors (Lipinski definition) is 1. The molecule has 154 valence electrons. The fourth-order valence-corrected chi connectivity index (χ4v) is 5.24. The summed E-state index contributed by atoms with van der Waals surface area (Å²) in [5, 5.41) is 12.3. The van der Waals surface area contributed by atoms with E-state index in [1.807, 2.05) is 55.5 Å². The molecule has 0 saturated heterocycles. The molecule has 1 N–H and O–H groups in total. The second-order valence-corrected chi connectivity index (χ2v) is 9.15. The van der Waals surface area contributed by atoms with Crippen molar-refractivity contribution in [2.45, 2.75) is 23.5 Å². The van der Waals surface area contributed by atoms with Crippen molar-refractivity contribution < 1.29 is 9.52 Å². The van der Waals surface area contributed by atoms with E-state index in [1.54, 1.807) is 23.9 Å². The molecule has 31 heavy (non-hydrogen) atoms. The lowest BCUT2D eigenvalue weighted by molar-refractivity contribution is 0.471. The lowest BCUT2D eigenvalue weighted by atomic mass is 9.97. The Morgan fingerprint density at radius 1 is 1.10 bits per heavy atom. The smallest absolute Gasteiger partial charge is 0.336 e. The number of fused-ring (bicyclic) bond motifs is 2. The van der Waals surface area contributed by atoms with Crippen LogP contribution in [0, 0.1) is 6.92 Å². The minimum atomic E-state index is -0.449. The van der Waals surface area contributed by atoms with Crippen LogP contribution in [0.5, 0.6) is 5.75 Å². The highest BCUT2D eigenvalue weighted by atomic mass is 35.5. The second-order valence-electron chi connectivity index (χ2n) is 7.47. The van der Waals surface area contributed by atoms with Crippen molar-refractivity contribution in [3.05, 3.63) is 98.9 Å². The Hall–Kier alpha value is -3.02. The SMILES string of the molecule is Cc1cc(=O)oc2c(C3=Nc4ccccc4S[C@@H](c4ccc(Cl)cc4)C3)c(O)ccc12. The number of aliphatic imine (C=N–C) groups is 1. The largest absolute Gasteiger partial charge is 0.507 e. The monoisotopic (exact) mass is 447 g/mol. The van der Waals surface area contributed by atoms with Gasteiger partial charge >= 0.3 is 5.63 Å². The molecule has 4 nitrogen and oxygen atoms in total. The first-order chi connectivity index (χ1) is 15.0. The molecule has 3 aromatic carbocycles. The maximum absolute atomic E-state index is 12.1. The first kappa shape index (κ1) is 19.9. The molecule has 4 aromatic rings. The minimum Gasteiger partial charge on any atom is -0.507 e. The fourth-order valence-electron chi connectivity index (χ4n) is 3.88. The molecule has 6 heteroatoms. The van der Waals surface area contributed by atoms with Crippen LogP contribution >= 0.6 is 23.4 Å². The minimum absolute atomic E-state index is 0.0410. The molecule has 0 spiro atoms. The summed E-state index contributed by atoms with van der Waals surface area (Å²) in [4.78, 5) is 18.1. The molecule has 1 atom stereocenters. The van der Waals surface area contributed by atoms with Gasteiger partial charge in [-0.3, -0.25) is 4.99 Å². The van der Waals surface area contributed by atoms with Crippen LogP contribution in [0.15, 0.2) is 85.8 Å². The highest BCUT2D eigenvalue weighted by Gasteiger charge is 2.26. The van der Waals surface area contributed by atoms with Gasteiger partial charge in [0.05, 0.1) is 17.0 Å². The molecule has 0 bridgehead atoms. The molecule has 0 saturated carbocycles. The molecule has 1 aliphatic rings. The number of hydrogen-bond acceptors (Lipinski definition) is 5. The van der Waals surface area contributed by atoms with Crippen LogP contribution in [0.25, 0.3) is 11.0 Å². The molecule has 2 heterocycles. The van der Waals surface area contributed by atoms with E-state index in [1.165, 1.54) is 6.07 Å². The summed E-state index contributed by atoms with van der Waals surface area (Å²) in [6, 6.07) is 20.6. The molecule has 0 unspecified atom stereocenters. The second kappa shape index (κ2) is 7.91. The van der Waals surface area contributed by atoms with Crippen molar-refractivity contribution in [1.29, 1.82) is 0 Å². The topological polar surface area (TPSA) is 62.8 Å². The zero-order valence-corrected chi connectivity index (χ0v) is 18.2. The molecular formula is C25H18ClNO3S. The molecule has 1 aliphatic heterocycles. The van der Waals surface area contributed by atoms with Gasteiger partial charge in [-0.2, -0.15) is 0 Å². The van der Waals surface area contributed by atoms with Crippen molar-refractivity contribution in [3.63, 3.8) is 0 Å². The average Bonchev–Trinajstić information content (AvgIpc) is 2.93. The van der Waals surface area contributed by atoms with E-state index in [-0.39, 0.29) is 11.0 Å². The Bertz CT molecular complexity index is 1390. The van der Waals surface area contributed by atoms with Gasteiger partial charge in [-0.05, 0) is 54.4 Å². The van der Waals surface area contributed by atoms with Gasteiger partial charge in [0.1, 0.15) is 5.75 Å². The first-order valence-corrected chi connectivity index (χ1v) is 11.1. The number of halogens is 1. The van der Waals surface area contributed by atoms with E-state index >= 15 is 0 Å². The van der Waals surface area contributed by atoms with E-state index in [0.29, 0.717) is 28.3 Å². The summed E-state index contributed by atoms with van der Waals surface area (Å²) in [5.41, 5.74) is 3.79. The van der Waals surface area contributed by atoms with Crippen LogP contribution in [-0.2, 0) is 0 Å². The predicted octanol–water partition coefficient (Wildman–Crippen LogP) is 6.82. The third-order valence-corrected chi connectivity index (χ3v) is 6.97. The highest BCUT2D eigenvalue weighted by molar-refractivity contribution is 7.99. The summed E-state index contributed by atoms with van der Waals surface area (Å²) in [6.07, 6.45) is 0.547. The number of benzene rings is 3. The normalized spacial score (nSPS) is 15.9. The highest BCUT2D eigenvalue weighted by Crippen LogP contribution is 2.46. The van der Waals surface area contributed by atoms with Crippen molar-refractivity contribution in [3.8, 4) is 5.75 Å². The number of nitrogens with zero attached hydrogens (tertiary/aromatic N) is 1. The van der Waals surface area contributed by atoms with Crippen LogP contribution in [-0.4, -0.2) is 10.8 Å². The first-order valence-electron chi connectivity index (χ1n) is 9.85. The molecule has 0 fully saturated rings. The van der Waals surface area contributed by atoms with Gasteiger partial charge in [-0.15, -0.1) is 11.8 Å². The van der Waals surface area contributed by atoms with Gasteiger partial charge in [0.2, 0.25) is 0 Å². The Labute approximate surface area is 188 Å². The van der Waals surface area contributed by atoms with Crippen molar-refractivity contribution in [2.24, 2.45) is 4.99 Å². The number of phenolic OH excluding ortho intramolecular Hbond substituents is 1. The van der Waals surface area contributed by atoms with Gasteiger partial charge < -0.3 is 9.52 Å². The molecule has 0 aliphatic carbocycles.